The number of rotatable bonds is 5. The summed E-state index contributed by atoms with van der Waals surface area (Å²) in [5.74, 6) is 2.48. The van der Waals surface area contributed by atoms with Gasteiger partial charge in [-0.3, -0.25) is 9.48 Å². The van der Waals surface area contributed by atoms with Crippen molar-refractivity contribution < 1.29 is 9.32 Å². The van der Waals surface area contributed by atoms with Gasteiger partial charge >= 0.3 is 0 Å². The van der Waals surface area contributed by atoms with Crippen molar-refractivity contribution >= 4 is 5.91 Å². The molecule has 1 saturated heterocycles. The number of hydrogen-bond acceptors (Lipinski definition) is 5. The number of carbonyl (C=O) groups is 1. The van der Waals surface area contributed by atoms with Crippen molar-refractivity contribution in [2.75, 3.05) is 13.1 Å². The van der Waals surface area contributed by atoms with Gasteiger partial charge in [0.2, 0.25) is 5.89 Å². The highest BCUT2D eigenvalue weighted by Crippen LogP contribution is 2.39. The van der Waals surface area contributed by atoms with Crippen molar-refractivity contribution in [1.29, 1.82) is 0 Å². The van der Waals surface area contributed by atoms with Crippen LogP contribution in [0.2, 0.25) is 0 Å². The minimum absolute atomic E-state index is 0.0199. The topological polar surface area (TPSA) is 77.0 Å². The Morgan fingerprint density at radius 1 is 1.39 bits per heavy atom. The number of carbonyl (C=O) groups excluding carboxylic acids is 1. The van der Waals surface area contributed by atoms with E-state index in [1.165, 1.54) is 0 Å². The van der Waals surface area contributed by atoms with E-state index >= 15 is 0 Å². The lowest BCUT2D eigenvalue weighted by Crippen LogP contribution is -2.29. The standard InChI is InChI=1S/C16H21N5O2/c1-2-21-8-6-13(18-21)16(22)20-7-5-11(10-20)9-14-17-15(23-19-14)12-3-4-12/h6,8,11-12H,2-5,7,9-10H2,1H3. The number of nitrogens with zero attached hydrogens (tertiary/aromatic N) is 5. The van der Waals surface area contributed by atoms with Gasteiger partial charge in [-0.1, -0.05) is 5.16 Å². The third-order valence-corrected chi connectivity index (χ3v) is 4.64. The van der Waals surface area contributed by atoms with Crippen LogP contribution in [0.25, 0.3) is 0 Å². The van der Waals surface area contributed by atoms with Gasteiger partial charge in [0.25, 0.3) is 5.91 Å². The quantitative estimate of drug-likeness (QED) is 0.842. The predicted molar refractivity (Wildman–Crippen MR) is 81.9 cm³/mol. The molecule has 1 unspecified atom stereocenters. The fraction of sp³-hybridized carbons (Fsp3) is 0.625. The maximum atomic E-state index is 12.5. The molecule has 7 heteroatoms. The summed E-state index contributed by atoms with van der Waals surface area (Å²) >= 11 is 0. The van der Waals surface area contributed by atoms with E-state index < -0.39 is 0 Å². The average molecular weight is 315 g/mol. The van der Waals surface area contributed by atoms with E-state index in [2.05, 4.69) is 15.2 Å². The van der Waals surface area contributed by atoms with Crippen molar-refractivity contribution in [2.45, 2.75) is 45.1 Å². The predicted octanol–water partition coefficient (Wildman–Crippen LogP) is 1.87. The van der Waals surface area contributed by atoms with Gasteiger partial charge in [0.1, 0.15) is 5.69 Å². The summed E-state index contributed by atoms with van der Waals surface area (Å²) in [6.07, 6.45) is 5.94. The van der Waals surface area contributed by atoms with Crippen LogP contribution < -0.4 is 0 Å². The molecule has 0 N–H and O–H groups in total. The van der Waals surface area contributed by atoms with Crippen LogP contribution in [0.1, 0.15) is 54.3 Å². The highest BCUT2D eigenvalue weighted by atomic mass is 16.5. The third-order valence-electron chi connectivity index (χ3n) is 4.64. The van der Waals surface area contributed by atoms with E-state index in [4.69, 9.17) is 4.52 Å². The van der Waals surface area contributed by atoms with Gasteiger partial charge in [0.05, 0.1) is 0 Å². The SMILES string of the molecule is CCn1ccc(C(=O)N2CCC(Cc3noc(C4CC4)n3)C2)n1. The first kappa shape index (κ1) is 14.4. The lowest BCUT2D eigenvalue weighted by molar-refractivity contribution is 0.0780. The van der Waals surface area contributed by atoms with Crippen molar-refractivity contribution in [1.82, 2.24) is 24.8 Å². The molecule has 1 aliphatic carbocycles. The molecule has 4 rings (SSSR count). The van der Waals surface area contributed by atoms with E-state index in [0.29, 0.717) is 17.5 Å². The zero-order valence-corrected chi connectivity index (χ0v) is 13.3. The van der Waals surface area contributed by atoms with Gasteiger partial charge in [0.15, 0.2) is 5.82 Å². The van der Waals surface area contributed by atoms with Crippen LogP contribution in [0.4, 0.5) is 0 Å². The van der Waals surface area contributed by atoms with Crippen molar-refractivity contribution in [2.24, 2.45) is 5.92 Å². The maximum Gasteiger partial charge on any atom is 0.274 e. The maximum absolute atomic E-state index is 12.5. The minimum atomic E-state index is 0.0199. The lowest BCUT2D eigenvalue weighted by atomic mass is 10.1. The van der Waals surface area contributed by atoms with Crippen molar-refractivity contribution in [3.8, 4) is 0 Å². The summed E-state index contributed by atoms with van der Waals surface area (Å²) in [5, 5.41) is 8.38. The molecule has 2 fully saturated rings. The van der Waals surface area contributed by atoms with Gasteiger partial charge in [-0.2, -0.15) is 10.1 Å². The van der Waals surface area contributed by atoms with Crippen LogP contribution in [0.3, 0.4) is 0 Å². The summed E-state index contributed by atoms with van der Waals surface area (Å²) in [6, 6.07) is 1.79. The van der Waals surface area contributed by atoms with Crippen LogP contribution in [-0.4, -0.2) is 43.8 Å². The Kier molecular flexibility index (Phi) is 3.63. The Bertz CT molecular complexity index is 703. The molecule has 3 heterocycles. The molecule has 2 aromatic heterocycles. The molecule has 2 aromatic rings. The first-order valence-corrected chi connectivity index (χ1v) is 8.38. The van der Waals surface area contributed by atoms with Crippen LogP contribution in [0.15, 0.2) is 16.8 Å². The highest BCUT2D eigenvalue weighted by Gasteiger charge is 2.32. The fourth-order valence-electron chi connectivity index (χ4n) is 3.10. The third kappa shape index (κ3) is 3.00. The van der Waals surface area contributed by atoms with E-state index in [-0.39, 0.29) is 5.91 Å². The average Bonchev–Trinajstić information content (AvgIpc) is 2.99. The molecule has 0 bridgehead atoms. The molecule has 0 aromatic carbocycles. The Balaban J connectivity index is 1.35. The van der Waals surface area contributed by atoms with Gasteiger partial charge < -0.3 is 9.42 Å². The highest BCUT2D eigenvalue weighted by molar-refractivity contribution is 5.92. The molecule has 7 nitrogen and oxygen atoms in total. The molecular formula is C16H21N5O2. The molecule has 0 spiro atoms. The molecule has 1 saturated carbocycles. The molecule has 0 radical (unpaired) electrons. The van der Waals surface area contributed by atoms with Gasteiger partial charge in [-0.25, -0.2) is 0 Å². The van der Waals surface area contributed by atoms with Crippen molar-refractivity contribution in [3.05, 3.63) is 29.7 Å². The van der Waals surface area contributed by atoms with Gasteiger partial charge in [0, 0.05) is 38.2 Å². The molecular weight excluding hydrogens is 294 g/mol. The van der Waals surface area contributed by atoms with Crippen LogP contribution in [0, 0.1) is 5.92 Å². The second-order valence-corrected chi connectivity index (χ2v) is 6.49. The molecule has 1 aliphatic heterocycles. The zero-order chi connectivity index (χ0) is 15.8. The molecule has 1 atom stereocenters. The van der Waals surface area contributed by atoms with Gasteiger partial charge in [-0.05, 0) is 38.2 Å². The Morgan fingerprint density at radius 2 is 2.26 bits per heavy atom. The van der Waals surface area contributed by atoms with E-state index in [9.17, 15) is 4.79 Å². The molecule has 122 valence electrons. The van der Waals surface area contributed by atoms with Crippen LogP contribution in [-0.2, 0) is 13.0 Å². The molecule has 2 aliphatic rings. The fourth-order valence-corrected chi connectivity index (χ4v) is 3.10. The summed E-state index contributed by atoms with van der Waals surface area (Å²) in [7, 11) is 0. The molecule has 1 amide bonds. The number of aromatic nitrogens is 4. The Hall–Kier alpha value is -2.18. The monoisotopic (exact) mass is 315 g/mol. The normalized spacial score (nSPS) is 21.1. The lowest BCUT2D eigenvalue weighted by Gasteiger charge is -2.14. The van der Waals surface area contributed by atoms with Crippen LogP contribution >= 0.6 is 0 Å². The second-order valence-electron chi connectivity index (χ2n) is 6.49. The number of likely N-dealkylation sites (tertiary alicyclic amines) is 1. The van der Waals surface area contributed by atoms with Gasteiger partial charge in [-0.15, -0.1) is 0 Å². The largest absolute Gasteiger partial charge is 0.339 e. The summed E-state index contributed by atoms with van der Waals surface area (Å²) in [6.45, 7) is 4.30. The Labute approximate surface area is 134 Å². The molecule has 23 heavy (non-hydrogen) atoms. The number of amides is 1. The van der Waals surface area contributed by atoms with E-state index in [0.717, 1.165) is 57.0 Å². The van der Waals surface area contributed by atoms with Crippen LogP contribution in [0.5, 0.6) is 0 Å². The first-order valence-electron chi connectivity index (χ1n) is 8.38. The summed E-state index contributed by atoms with van der Waals surface area (Å²) in [4.78, 5) is 18.8. The summed E-state index contributed by atoms with van der Waals surface area (Å²) in [5.41, 5.74) is 0.531. The van der Waals surface area contributed by atoms with Crippen molar-refractivity contribution in [3.63, 3.8) is 0 Å². The minimum Gasteiger partial charge on any atom is -0.339 e. The van der Waals surface area contributed by atoms with E-state index in [1.807, 2.05) is 18.0 Å². The first-order chi connectivity index (χ1) is 11.2. The second kappa shape index (κ2) is 5.79. The zero-order valence-electron chi connectivity index (χ0n) is 13.3. The van der Waals surface area contributed by atoms with E-state index in [1.54, 1.807) is 10.7 Å². The smallest absolute Gasteiger partial charge is 0.274 e. The Morgan fingerprint density at radius 3 is 3.00 bits per heavy atom. The number of hydrogen-bond donors (Lipinski definition) is 0. The number of aryl methyl sites for hydroxylation is 1. The summed E-state index contributed by atoms with van der Waals surface area (Å²) < 4.78 is 7.08.